The molecule has 190 valence electrons. The number of hydrogen-bond donors (Lipinski definition) is 1. The minimum Gasteiger partial charge on any atom is -0.481 e. The summed E-state index contributed by atoms with van der Waals surface area (Å²) in [7, 11) is 0. The predicted molar refractivity (Wildman–Crippen MR) is 151 cm³/mol. The molecule has 0 amide bonds. The van der Waals surface area contributed by atoms with Gasteiger partial charge in [0, 0.05) is 28.6 Å². The monoisotopic (exact) mass is 502 g/mol. The highest BCUT2D eigenvalue weighted by molar-refractivity contribution is 7.99. The van der Waals surface area contributed by atoms with Crippen LogP contribution in [-0.2, 0) is 4.79 Å². The van der Waals surface area contributed by atoms with Gasteiger partial charge in [0.15, 0.2) is 5.78 Å². The Morgan fingerprint density at radius 1 is 0.806 bits per heavy atom. The highest BCUT2D eigenvalue weighted by atomic mass is 32.2. The van der Waals surface area contributed by atoms with Crippen molar-refractivity contribution in [3.63, 3.8) is 0 Å². The van der Waals surface area contributed by atoms with E-state index in [1.54, 1.807) is 0 Å². The summed E-state index contributed by atoms with van der Waals surface area (Å²) in [6.45, 7) is 6.56. The van der Waals surface area contributed by atoms with E-state index in [1.165, 1.54) is 58.4 Å². The van der Waals surface area contributed by atoms with Gasteiger partial charge in [0.1, 0.15) is 0 Å². The fraction of sp³-hybridized carbons (Fsp3) is 0.375. The lowest BCUT2D eigenvalue weighted by atomic mass is 9.96. The van der Waals surface area contributed by atoms with Gasteiger partial charge in [-0.3, -0.25) is 9.59 Å². The number of unbranched alkanes of at least 4 members (excludes halogenated alkanes) is 3. The topological polar surface area (TPSA) is 54.4 Å². The summed E-state index contributed by atoms with van der Waals surface area (Å²) in [6, 6.07) is 23.3. The van der Waals surface area contributed by atoms with E-state index in [9.17, 15) is 9.59 Å². The van der Waals surface area contributed by atoms with Gasteiger partial charge < -0.3 is 5.11 Å². The number of hydrogen-bond acceptors (Lipinski definition) is 3. The zero-order valence-electron chi connectivity index (χ0n) is 21.8. The van der Waals surface area contributed by atoms with E-state index in [1.807, 2.05) is 23.9 Å². The predicted octanol–water partition coefficient (Wildman–Crippen LogP) is 9.21. The van der Waals surface area contributed by atoms with Gasteiger partial charge in [-0.1, -0.05) is 87.2 Å². The highest BCUT2D eigenvalue weighted by Crippen LogP contribution is 2.40. The van der Waals surface area contributed by atoms with E-state index < -0.39 is 5.97 Å². The van der Waals surface area contributed by atoms with Gasteiger partial charge in [-0.15, -0.1) is 11.8 Å². The number of carbonyl (C=O) groups is 2. The average Bonchev–Trinajstić information content (AvgIpc) is 2.86. The van der Waals surface area contributed by atoms with Crippen LogP contribution >= 0.6 is 11.8 Å². The Morgan fingerprint density at radius 2 is 1.47 bits per heavy atom. The van der Waals surface area contributed by atoms with Crippen LogP contribution in [0.2, 0.25) is 0 Å². The van der Waals surface area contributed by atoms with Gasteiger partial charge in [0.05, 0.1) is 0 Å². The van der Waals surface area contributed by atoms with Crippen molar-refractivity contribution in [3.8, 4) is 11.1 Å². The molecule has 0 aromatic heterocycles. The lowest BCUT2D eigenvalue weighted by molar-refractivity contribution is -0.137. The van der Waals surface area contributed by atoms with Crippen LogP contribution in [0.15, 0.2) is 71.6 Å². The maximum Gasteiger partial charge on any atom is 0.303 e. The van der Waals surface area contributed by atoms with Crippen LogP contribution in [0, 0.1) is 13.8 Å². The molecule has 0 saturated heterocycles. The van der Waals surface area contributed by atoms with E-state index in [-0.39, 0.29) is 18.6 Å². The Hall–Kier alpha value is -2.85. The van der Waals surface area contributed by atoms with Crippen LogP contribution < -0.4 is 0 Å². The largest absolute Gasteiger partial charge is 0.481 e. The summed E-state index contributed by atoms with van der Waals surface area (Å²) < 4.78 is 0. The third-order valence-electron chi connectivity index (χ3n) is 6.62. The summed E-state index contributed by atoms with van der Waals surface area (Å²) in [6.07, 6.45) is 6.66. The van der Waals surface area contributed by atoms with Crippen LogP contribution in [0.1, 0.15) is 90.6 Å². The Bertz CT molecular complexity index is 1110. The first-order valence-corrected chi connectivity index (χ1v) is 13.9. The molecule has 1 atom stereocenters. The lowest BCUT2D eigenvalue weighted by Gasteiger charge is -2.18. The van der Waals surface area contributed by atoms with Crippen molar-refractivity contribution in [1.29, 1.82) is 0 Å². The van der Waals surface area contributed by atoms with Gasteiger partial charge in [-0.25, -0.2) is 0 Å². The van der Waals surface area contributed by atoms with Crippen molar-refractivity contribution in [3.05, 3.63) is 89.0 Å². The molecule has 4 heteroatoms. The fourth-order valence-electron chi connectivity index (χ4n) is 4.61. The smallest absolute Gasteiger partial charge is 0.303 e. The summed E-state index contributed by atoms with van der Waals surface area (Å²) in [5.41, 5.74) is 7.05. The van der Waals surface area contributed by atoms with Gasteiger partial charge in [-0.2, -0.15) is 0 Å². The molecule has 0 radical (unpaired) electrons. The third kappa shape index (κ3) is 8.09. The minimum atomic E-state index is -0.858. The second-order valence-corrected chi connectivity index (χ2v) is 10.8. The number of benzene rings is 3. The van der Waals surface area contributed by atoms with Crippen molar-refractivity contribution in [1.82, 2.24) is 0 Å². The van der Waals surface area contributed by atoms with E-state index >= 15 is 0 Å². The van der Waals surface area contributed by atoms with E-state index in [0.29, 0.717) is 17.2 Å². The molecule has 3 nitrogen and oxygen atoms in total. The summed E-state index contributed by atoms with van der Waals surface area (Å²) in [4.78, 5) is 24.4. The number of carbonyl (C=O) groups excluding carboxylic acids is 1. The van der Waals surface area contributed by atoms with Crippen LogP contribution in [0.3, 0.4) is 0 Å². The van der Waals surface area contributed by atoms with Crippen molar-refractivity contribution in [2.24, 2.45) is 0 Å². The van der Waals surface area contributed by atoms with Crippen LogP contribution in [0.4, 0.5) is 0 Å². The number of rotatable bonds is 14. The number of carboxylic acids is 1. The molecule has 3 aromatic carbocycles. The first kappa shape index (κ1) is 27.7. The summed E-state index contributed by atoms with van der Waals surface area (Å²) >= 11 is 1.89. The molecule has 3 rings (SSSR count). The van der Waals surface area contributed by atoms with E-state index in [2.05, 4.69) is 75.4 Å². The van der Waals surface area contributed by atoms with Gasteiger partial charge >= 0.3 is 5.97 Å². The Balaban J connectivity index is 1.73. The second kappa shape index (κ2) is 14.0. The molecule has 1 N–H and O–H groups in total. The third-order valence-corrected chi connectivity index (χ3v) is 7.96. The van der Waals surface area contributed by atoms with E-state index in [0.717, 1.165) is 6.42 Å². The second-order valence-electron chi connectivity index (χ2n) is 9.54. The Morgan fingerprint density at radius 3 is 2.08 bits per heavy atom. The van der Waals surface area contributed by atoms with Gasteiger partial charge in [0.25, 0.3) is 0 Å². The highest BCUT2D eigenvalue weighted by Gasteiger charge is 2.15. The van der Waals surface area contributed by atoms with Gasteiger partial charge in [0.2, 0.25) is 0 Å². The zero-order valence-corrected chi connectivity index (χ0v) is 22.6. The van der Waals surface area contributed by atoms with Crippen molar-refractivity contribution in [2.45, 2.75) is 82.3 Å². The Labute approximate surface area is 220 Å². The summed E-state index contributed by atoms with van der Waals surface area (Å²) in [5.74, 6) is -0.847. The number of aliphatic carboxylic acids is 1. The molecule has 0 bridgehead atoms. The van der Waals surface area contributed by atoms with Gasteiger partial charge in [-0.05, 0) is 66.6 Å². The average molecular weight is 503 g/mol. The standard InChI is InChI=1S/C32H38O3S/c1-4-5-6-7-13-30(26-17-15-25(16-18-26)29(33)12-9-14-31(34)35)36-28-21-19-27(20-22-28)32-23(2)10-8-11-24(32)3/h8,10-11,15-22,30H,4-7,9,12-14H2,1-3H3,(H,34,35). The molecule has 0 aliphatic heterocycles. The molecule has 36 heavy (non-hydrogen) atoms. The maximum absolute atomic E-state index is 12.4. The molecular formula is C32H38O3S. The molecule has 0 spiro atoms. The SMILES string of the molecule is CCCCCCC(Sc1ccc(-c2c(C)cccc2C)cc1)c1ccc(C(=O)CCCC(=O)O)cc1. The Kier molecular flexibility index (Phi) is 10.8. The molecule has 0 heterocycles. The molecule has 0 aliphatic rings. The number of carboxylic acid groups (broad SMARTS) is 1. The first-order valence-electron chi connectivity index (χ1n) is 13.1. The number of aryl methyl sites for hydroxylation is 2. The normalized spacial score (nSPS) is 11.9. The maximum atomic E-state index is 12.4. The zero-order chi connectivity index (χ0) is 25.9. The molecule has 3 aromatic rings. The van der Waals surface area contributed by atoms with Crippen molar-refractivity contribution < 1.29 is 14.7 Å². The first-order chi connectivity index (χ1) is 17.4. The number of ketones is 1. The number of Topliss-reactive ketones (excluding diaryl/α,β-unsaturated/α-hetero) is 1. The van der Waals surface area contributed by atoms with Crippen LogP contribution in [0.5, 0.6) is 0 Å². The molecule has 0 fully saturated rings. The quantitative estimate of drug-likeness (QED) is 0.136. The molecular weight excluding hydrogens is 464 g/mol. The number of thioether (sulfide) groups is 1. The van der Waals surface area contributed by atoms with Crippen molar-refractivity contribution in [2.75, 3.05) is 0 Å². The van der Waals surface area contributed by atoms with E-state index in [4.69, 9.17) is 5.11 Å². The molecule has 0 aliphatic carbocycles. The lowest BCUT2D eigenvalue weighted by Crippen LogP contribution is -2.02. The molecule has 1 unspecified atom stereocenters. The van der Waals surface area contributed by atoms with Crippen LogP contribution in [0.25, 0.3) is 11.1 Å². The van der Waals surface area contributed by atoms with Crippen molar-refractivity contribution >= 4 is 23.5 Å². The fourth-order valence-corrected chi connectivity index (χ4v) is 5.81. The molecule has 0 saturated carbocycles. The van der Waals surface area contributed by atoms with Crippen LogP contribution in [-0.4, -0.2) is 16.9 Å². The minimum absolute atomic E-state index is 0.0111. The summed E-state index contributed by atoms with van der Waals surface area (Å²) in [5, 5.41) is 9.13.